The first-order valence-corrected chi connectivity index (χ1v) is 13.9. The molecule has 0 bridgehead atoms. The number of benzene rings is 6. The van der Waals surface area contributed by atoms with Gasteiger partial charge in [0.05, 0.1) is 22.1 Å². The molecule has 3 aromatic heterocycles. The third kappa shape index (κ3) is 3.39. The average Bonchev–Trinajstić information content (AvgIpc) is 3.44. The predicted octanol–water partition coefficient (Wildman–Crippen LogP) is 9.83. The van der Waals surface area contributed by atoms with E-state index in [0.717, 1.165) is 38.5 Å². The minimum atomic E-state index is 0.947. The van der Waals surface area contributed by atoms with Crippen LogP contribution in [-0.4, -0.2) is 14.4 Å². The Labute approximate surface area is 236 Å². The molecule has 0 unspecified atom stereocenters. The normalized spacial score (nSPS) is 11.9. The summed E-state index contributed by atoms with van der Waals surface area (Å²) in [5.74, 6) is 0. The van der Waals surface area contributed by atoms with Crippen LogP contribution in [0.2, 0.25) is 0 Å². The van der Waals surface area contributed by atoms with Crippen LogP contribution in [0.3, 0.4) is 0 Å². The Kier molecular flexibility index (Phi) is 4.61. The number of para-hydroxylation sites is 2. The maximum Gasteiger partial charge on any atom is 0.147 e. The lowest BCUT2D eigenvalue weighted by Gasteiger charge is -2.11. The van der Waals surface area contributed by atoms with Crippen LogP contribution in [0.4, 0.5) is 0 Å². The van der Waals surface area contributed by atoms with E-state index in [-0.39, 0.29) is 0 Å². The van der Waals surface area contributed by atoms with Gasteiger partial charge in [0.1, 0.15) is 5.65 Å². The van der Waals surface area contributed by atoms with E-state index in [1.807, 2.05) is 18.3 Å². The van der Waals surface area contributed by atoms with E-state index < -0.39 is 0 Å². The van der Waals surface area contributed by atoms with Gasteiger partial charge in [0.2, 0.25) is 0 Å². The number of pyridine rings is 2. The van der Waals surface area contributed by atoms with Crippen molar-refractivity contribution in [3.63, 3.8) is 0 Å². The zero-order valence-electron chi connectivity index (χ0n) is 22.1. The summed E-state index contributed by atoms with van der Waals surface area (Å²) in [6, 6.07) is 47.9. The van der Waals surface area contributed by atoms with Crippen LogP contribution in [0.15, 0.2) is 140 Å². The van der Waals surface area contributed by atoms with Gasteiger partial charge in [0, 0.05) is 17.0 Å². The zero-order valence-corrected chi connectivity index (χ0v) is 22.1. The molecule has 0 amide bonds. The molecule has 3 heterocycles. The van der Waals surface area contributed by atoms with Gasteiger partial charge in [-0.2, -0.15) is 0 Å². The van der Waals surface area contributed by atoms with Gasteiger partial charge in [-0.05, 0) is 98.4 Å². The highest BCUT2D eigenvalue weighted by Crippen LogP contribution is 2.35. The number of imidazole rings is 1. The first-order chi connectivity index (χ1) is 20.3. The summed E-state index contributed by atoms with van der Waals surface area (Å²) in [5.41, 5.74) is 9.98. The highest BCUT2D eigenvalue weighted by molar-refractivity contribution is 6.12. The molecule has 9 aromatic rings. The lowest BCUT2D eigenvalue weighted by atomic mass is 9.96. The number of aromatic nitrogens is 3. The second-order valence-corrected chi connectivity index (χ2v) is 10.7. The summed E-state index contributed by atoms with van der Waals surface area (Å²) in [6.45, 7) is 0. The first-order valence-electron chi connectivity index (χ1n) is 13.9. The summed E-state index contributed by atoms with van der Waals surface area (Å²) in [7, 11) is 0. The van der Waals surface area contributed by atoms with Crippen LogP contribution in [0, 0.1) is 0 Å². The van der Waals surface area contributed by atoms with Crippen molar-refractivity contribution in [3.05, 3.63) is 140 Å². The quantitative estimate of drug-likeness (QED) is 0.212. The minimum absolute atomic E-state index is 0.947. The topological polar surface area (TPSA) is 30.2 Å². The fourth-order valence-electron chi connectivity index (χ4n) is 6.32. The van der Waals surface area contributed by atoms with Crippen LogP contribution < -0.4 is 0 Å². The third-order valence-electron chi connectivity index (χ3n) is 8.36. The largest absolute Gasteiger partial charge is 0.292 e. The number of rotatable bonds is 2. The van der Waals surface area contributed by atoms with E-state index in [9.17, 15) is 0 Å². The van der Waals surface area contributed by atoms with Crippen molar-refractivity contribution in [3.8, 4) is 22.3 Å². The fraction of sp³-hybridized carbons (Fsp3) is 0. The first kappa shape index (κ1) is 22.3. The van der Waals surface area contributed by atoms with Crippen molar-refractivity contribution in [2.45, 2.75) is 0 Å². The van der Waals surface area contributed by atoms with E-state index in [4.69, 9.17) is 9.97 Å². The highest BCUT2D eigenvalue weighted by atomic mass is 15.0. The Morgan fingerprint density at radius 3 is 1.83 bits per heavy atom. The second kappa shape index (κ2) is 8.48. The van der Waals surface area contributed by atoms with Gasteiger partial charge in [-0.15, -0.1) is 0 Å². The van der Waals surface area contributed by atoms with Crippen molar-refractivity contribution >= 4 is 60.0 Å². The van der Waals surface area contributed by atoms with Crippen molar-refractivity contribution in [2.24, 2.45) is 0 Å². The molecule has 0 saturated carbocycles. The van der Waals surface area contributed by atoms with Crippen molar-refractivity contribution in [1.82, 2.24) is 14.4 Å². The summed E-state index contributed by atoms with van der Waals surface area (Å²) in [6.07, 6.45) is 1.87. The molecule has 6 aromatic carbocycles. The molecule has 0 saturated heterocycles. The molecule has 0 atom stereocenters. The number of hydrogen-bond donors (Lipinski definition) is 0. The molecular formula is C38H23N3. The van der Waals surface area contributed by atoms with Gasteiger partial charge < -0.3 is 0 Å². The van der Waals surface area contributed by atoms with Gasteiger partial charge in [0.15, 0.2) is 0 Å². The molecular weight excluding hydrogens is 498 g/mol. The Morgan fingerprint density at radius 1 is 0.439 bits per heavy atom. The minimum Gasteiger partial charge on any atom is -0.292 e. The molecule has 41 heavy (non-hydrogen) atoms. The molecule has 0 spiro atoms. The summed E-state index contributed by atoms with van der Waals surface area (Å²) >= 11 is 0. The van der Waals surface area contributed by atoms with E-state index in [1.54, 1.807) is 0 Å². The molecule has 0 aliphatic heterocycles. The second-order valence-electron chi connectivity index (χ2n) is 10.7. The van der Waals surface area contributed by atoms with Crippen LogP contribution in [0.5, 0.6) is 0 Å². The van der Waals surface area contributed by atoms with Gasteiger partial charge in [-0.1, -0.05) is 78.9 Å². The molecule has 0 aliphatic rings. The van der Waals surface area contributed by atoms with E-state index >= 15 is 0 Å². The Bertz CT molecular complexity index is 2490. The standard InChI is InChI=1S/C38H23N3/c1-2-7-25-20-26(12-11-24(25)6-1)27-13-14-29-22-30(16-15-28(29)21-27)31-17-18-35-33(23-31)37-32(8-5-19-39-37)38-40-34-9-3-4-10-36(34)41(35)38/h1-23H. The van der Waals surface area contributed by atoms with Crippen LogP contribution in [0.25, 0.3) is 82.3 Å². The lowest BCUT2D eigenvalue weighted by Crippen LogP contribution is -1.93. The SMILES string of the molecule is c1ccc2cc(-c3ccc4cc(-c5ccc6c(c5)c5ncccc5c5nc7ccccc7n65)ccc4c3)ccc2c1. The Balaban J connectivity index is 1.20. The van der Waals surface area contributed by atoms with Gasteiger partial charge in [0.25, 0.3) is 0 Å². The number of hydrogen-bond acceptors (Lipinski definition) is 2. The molecule has 9 rings (SSSR count). The number of fused-ring (bicyclic) bond motifs is 10. The van der Waals surface area contributed by atoms with Crippen molar-refractivity contribution in [2.75, 3.05) is 0 Å². The van der Waals surface area contributed by atoms with Gasteiger partial charge in [-0.3, -0.25) is 9.38 Å². The van der Waals surface area contributed by atoms with E-state index in [1.165, 1.54) is 43.8 Å². The zero-order chi connectivity index (χ0) is 26.9. The summed E-state index contributed by atoms with van der Waals surface area (Å²) in [5, 5.41) is 7.18. The molecule has 0 fully saturated rings. The van der Waals surface area contributed by atoms with Crippen LogP contribution in [-0.2, 0) is 0 Å². The van der Waals surface area contributed by atoms with Crippen molar-refractivity contribution < 1.29 is 0 Å². The number of nitrogens with zero attached hydrogens (tertiary/aromatic N) is 3. The van der Waals surface area contributed by atoms with Gasteiger partial charge >= 0.3 is 0 Å². The Hall–Kier alpha value is -5.54. The van der Waals surface area contributed by atoms with Crippen molar-refractivity contribution in [1.29, 1.82) is 0 Å². The average molecular weight is 522 g/mol. The molecule has 0 aliphatic carbocycles. The maximum absolute atomic E-state index is 4.97. The highest BCUT2D eigenvalue weighted by Gasteiger charge is 2.15. The fourth-order valence-corrected chi connectivity index (χ4v) is 6.32. The Morgan fingerprint density at radius 2 is 1.05 bits per heavy atom. The van der Waals surface area contributed by atoms with E-state index in [0.29, 0.717) is 0 Å². The third-order valence-corrected chi connectivity index (χ3v) is 8.36. The lowest BCUT2D eigenvalue weighted by molar-refractivity contribution is 1.30. The summed E-state index contributed by atoms with van der Waals surface area (Å²) < 4.78 is 2.27. The monoisotopic (exact) mass is 521 g/mol. The maximum atomic E-state index is 4.97. The van der Waals surface area contributed by atoms with E-state index in [2.05, 4.69) is 126 Å². The predicted molar refractivity (Wildman–Crippen MR) is 171 cm³/mol. The molecule has 0 N–H and O–H groups in total. The molecule has 0 radical (unpaired) electrons. The van der Waals surface area contributed by atoms with Crippen LogP contribution >= 0.6 is 0 Å². The molecule has 3 nitrogen and oxygen atoms in total. The smallest absolute Gasteiger partial charge is 0.147 e. The molecule has 190 valence electrons. The van der Waals surface area contributed by atoms with Gasteiger partial charge in [-0.25, -0.2) is 4.98 Å². The van der Waals surface area contributed by atoms with Crippen LogP contribution in [0.1, 0.15) is 0 Å². The molecule has 3 heteroatoms. The summed E-state index contributed by atoms with van der Waals surface area (Å²) in [4.78, 5) is 9.79.